The van der Waals surface area contributed by atoms with Gasteiger partial charge in [0.1, 0.15) is 0 Å². The van der Waals surface area contributed by atoms with Crippen LogP contribution < -0.4 is 14.8 Å². The normalized spacial score (nSPS) is 10.8. The van der Waals surface area contributed by atoms with Crippen LogP contribution >= 0.6 is 11.6 Å². The van der Waals surface area contributed by atoms with Gasteiger partial charge in [-0.2, -0.15) is 0 Å². The SMILES string of the molecule is COc1cc(/C=C/C(=O)OCC(=O)Nc2cccnc2Cl)ccc1OC(C)C. The largest absolute Gasteiger partial charge is 0.493 e. The van der Waals surface area contributed by atoms with Gasteiger partial charge in [0.25, 0.3) is 5.91 Å². The summed E-state index contributed by atoms with van der Waals surface area (Å²) < 4.78 is 15.8. The number of hydrogen-bond acceptors (Lipinski definition) is 6. The molecule has 1 heterocycles. The van der Waals surface area contributed by atoms with Crippen molar-refractivity contribution in [2.24, 2.45) is 0 Å². The van der Waals surface area contributed by atoms with Gasteiger partial charge in [0.15, 0.2) is 23.3 Å². The van der Waals surface area contributed by atoms with Crippen molar-refractivity contribution in [3.63, 3.8) is 0 Å². The van der Waals surface area contributed by atoms with Crippen molar-refractivity contribution in [2.45, 2.75) is 20.0 Å². The van der Waals surface area contributed by atoms with Gasteiger partial charge in [-0.15, -0.1) is 0 Å². The minimum absolute atomic E-state index is 0.0120. The van der Waals surface area contributed by atoms with E-state index in [0.717, 1.165) is 5.56 Å². The zero-order chi connectivity index (χ0) is 20.5. The maximum atomic E-state index is 11.8. The average Bonchev–Trinajstić information content (AvgIpc) is 2.67. The highest BCUT2D eigenvalue weighted by Gasteiger charge is 2.09. The predicted molar refractivity (Wildman–Crippen MR) is 107 cm³/mol. The second-order valence-corrected chi connectivity index (χ2v) is 6.27. The summed E-state index contributed by atoms with van der Waals surface area (Å²) in [7, 11) is 1.54. The van der Waals surface area contributed by atoms with E-state index >= 15 is 0 Å². The first kappa shape index (κ1) is 21.2. The number of rotatable bonds is 8. The van der Waals surface area contributed by atoms with E-state index < -0.39 is 18.5 Å². The number of nitrogens with one attached hydrogen (secondary N) is 1. The van der Waals surface area contributed by atoms with Crippen molar-refractivity contribution in [1.29, 1.82) is 0 Å². The fourth-order valence-corrected chi connectivity index (χ4v) is 2.32. The molecule has 2 rings (SSSR count). The number of amides is 1. The molecule has 1 aromatic carbocycles. The van der Waals surface area contributed by atoms with Crippen LogP contribution in [0, 0.1) is 0 Å². The van der Waals surface area contributed by atoms with Crippen molar-refractivity contribution in [2.75, 3.05) is 19.0 Å². The number of benzene rings is 1. The Morgan fingerprint density at radius 3 is 2.71 bits per heavy atom. The predicted octanol–water partition coefficient (Wildman–Crippen LogP) is 3.73. The average molecular weight is 405 g/mol. The van der Waals surface area contributed by atoms with E-state index in [9.17, 15) is 9.59 Å². The highest BCUT2D eigenvalue weighted by Crippen LogP contribution is 2.29. The summed E-state index contributed by atoms with van der Waals surface area (Å²) in [4.78, 5) is 27.5. The van der Waals surface area contributed by atoms with Gasteiger partial charge in [0, 0.05) is 12.3 Å². The Labute approximate surface area is 168 Å². The van der Waals surface area contributed by atoms with Gasteiger partial charge in [-0.3, -0.25) is 4.79 Å². The number of anilines is 1. The molecule has 148 valence electrons. The molecule has 1 N–H and O–H groups in total. The Bertz CT molecular complexity index is 867. The van der Waals surface area contributed by atoms with E-state index in [-0.39, 0.29) is 11.3 Å². The highest BCUT2D eigenvalue weighted by molar-refractivity contribution is 6.32. The lowest BCUT2D eigenvalue weighted by atomic mass is 10.2. The lowest BCUT2D eigenvalue weighted by molar-refractivity contribution is -0.142. The number of methoxy groups -OCH3 is 1. The molecule has 0 saturated carbocycles. The summed E-state index contributed by atoms with van der Waals surface area (Å²) >= 11 is 5.85. The smallest absolute Gasteiger partial charge is 0.331 e. The minimum atomic E-state index is -0.658. The molecule has 0 saturated heterocycles. The summed E-state index contributed by atoms with van der Waals surface area (Å²) in [5.74, 6) is -0.0117. The van der Waals surface area contributed by atoms with Crippen LogP contribution in [0.5, 0.6) is 11.5 Å². The lowest BCUT2D eigenvalue weighted by Crippen LogP contribution is -2.20. The number of pyridine rings is 1. The molecule has 2 aromatic rings. The van der Waals surface area contributed by atoms with E-state index in [2.05, 4.69) is 10.3 Å². The van der Waals surface area contributed by atoms with E-state index in [1.54, 1.807) is 36.4 Å². The fourth-order valence-electron chi connectivity index (χ4n) is 2.15. The molecule has 0 aliphatic rings. The first-order valence-corrected chi connectivity index (χ1v) is 8.86. The molecule has 7 nitrogen and oxygen atoms in total. The zero-order valence-electron chi connectivity index (χ0n) is 15.8. The monoisotopic (exact) mass is 404 g/mol. The van der Waals surface area contributed by atoms with Gasteiger partial charge in [0.05, 0.1) is 18.9 Å². The van der Waals surface area contributed by atoms with Gasteiger partial charge in [-0.05, 0) is 49.8 Å². The second-order valence-electron chi connectivity index (χ2n) is 5.91. The van der Waals surface area contributed by atoms with Crippen LogP contribution in [0.4, 0.5) is 5.69 Å². The Morgan fingerprint density at radius 1 is 1.25 bits per heavy atom. The summed E-state index contributed by atoms with van der Waals surface area (Å²) in [6.45, 7) is 3.39. The molecule has 8 heteroatoms. The van der Waals surface area contributed by atoms with Crippen LogP contribution in [0.1, 0.15) is 19.4 Å². The van der Waals surface area contributed by atoms with Crippen molar-refractivity contribution in [1.82, 2.24) is 4.98 Å². The Balaban J connectivity index is 1.89. The number of hydrogen-bond donors (Lipinski definition) is 1. The molecule has 0 aliphatic heterocycles. The molecular weight excluding hydrogens is 384 g/mol. The molecule has 0 spiro atoms. The highest BCUT2D eigenvalue weighted by atomic mass is 35.5. The number of nitrogens with zero attached hydrogens (tertiary/aromatic N) is 1. The maximum Gasteiger partial charge on any atom is 0.331 e. The summed E-state index contributed by atoms with van der Waals surface area (Å²) in [5.41, 5.74) is 1.06. The van der Waals surface area contributed by atoms with Crippen molar-refractivity contribution in [3.8, 4) is 11.5 Å². The third-order valence-corrected chi connectivity index (χ3v) is 3.64. The molecule has 28 heavy (non-hydrogen) atoms. The van der Waals surface area contributed by atoms with Crippen molar-refractivity contribution < 1.29 is 23.8 Å². The van der Waals surface area contributed by atoms with Crippen LogP contribution in [0.15, 0.2) is 42.6 Å². The lowest BCUT2D eigenvalue weighted by Gasteiger charge is -2.13. The zero-order valence-corrected chi connectivity index (χ0v) is 16.5. The molecule has 0 atom stereocenters. The molecule has 0 unspecified atom stereocenters. The van der Waals surface area contributed by atoms with E-state index in [4.69, 9.17) is 25.8 Å². The van der Waals surface area contributed by atoms with Crippen LogP contribution in [-0.4, -0.2) is 36.7 Å². The number of halogens is 1. The molecule has 0 aliphatic carbocycles. The van der Waals surface area contributed by atoms with E-state index in [1.165, 1.54) is 19.4 Å². The van der Waals surface area contributed by atoms with Crippen molar-refractivity contribution in [3.05, 3.63) is 53.3 Å². The maximum absolute atomic E-state index is 11.8. The summed E-state index contributed by atoms with van der Waals surface area (Å²) in [6, 6.07) is 8.49. The number of aromatic nitrogens is 1. The van der Waals surface area contributed by atoms with Crippen LogP contribution in [0.25, 0.3) is 6.08 Å². The summed E-state index contributed by atoms with van der Waals surface area (Å²) in [5, 5.41) is 2.66. The van der Waals surface area contributed by atoms with E-state index in [0.29, 0.717) is 17.2 Å². The van der Waals surface area contributed by atoms with Gasteiger partial charge < -0.3 is 19.5 Å². The van der Waals surface area contributed by atoms with Gasteiger partial charge >= 0.3 is 5.97 Å². The molecule has 0 fully saturated rings. The van der Waals surface area contributed by atoms with Crippen LogP contribution in [-0.2, 0) is 14.3 Å². The number of ether oxygens (including phenoxy) is 3. The first-order chi connectivity index (χ1) is 13.4. The minimum Gasteiger partial charge on any atom is -0.493 e. The Kier molecular flexibility index (Phi) is 7.83. The molecule has 1 amide bonds. The number of esters is 1. The number of carbonyl (C=O) groups excluding carboxylic acids is 2. The Hall–Kier alpha value is -3.06. The standard InChI is InChI=1S/C20H21ClN2O5/c1-13(2)28-16-8-6-14(11-17(16)26-3)7-9-19(25)27-12-18(24)23-15-5-4-10-22-20(15)21/h4-11,13H,12H2,1-3H3,(H,23,24)/b9-7+. The van der Waals surface area contributed by atoms with Crippen molar-refractivity contribution >= 4 is 35.2 Å². The summed E-state index contributed by atoms with van der Waals surface area (Å²) in [6.07, 6.45) is 4.29. The third kappa shape index (κ3) is 6.59. The number of carbonyl (C=O) groups is 2. The first-order valence-electron chi connectivity index (χ1n) is 8.49. The Morgan fingerprint density at radius 2 is 2.04 bits per heavy atom. The topological polar surface area (TPSA) is 86.8 Å². The molecule has 0 bridgehead atoms. The van der Waals surface area contributed by atoms with Gasteiger partial charge in [0.2, 0.25) is 0 Å². The molecule has 1 aromatic heterocycles. The van der Waals surface area contributed by atoms with Gasteiger partial charge in [-0.1, -0.05) is 17.7 Å². The van der Waals surface area contributed by atoms with Gasteiger partial charge in [-0.25, -0.2) is 9.78 Å². The van der Waals surface area contributed by atoms with Crippen LogP contribution in [0.2, 0.25) is 5.15 Å². The van der Waals surface area contributed by atoms with Crippen LogP contribution in [0.3, 0.4) is 0 Å². The quantitative estimate of drug-likeness (QED) is 0.410. The van der Waals surface area contributed by atoms with E-state index in [1.807, 2.05) is 13.8 Å². The fraction of sp³-hybridized carbons (Fsp3) is 0.250. The third-order valence-electron chi connectivity index (χ3n) is 3.34. The molecule has 0 radical (unpaired) electrons. The molecular formula is C20H21ClN2O5. The second kappa shape index (κ2) is 10.3.